The Labute approximate surface area is 103 Å². The summed E-state index contributed by atoms with van der Waals surface area (Å²) in [5.74, 6) is 0.832. The highest BCUT2D eigenvalue weighted by Crippen LogP contribution is 2.25. The first kappa shape index (κ1) is 11.8. The largest absolute Gasteiger partial charge is 0.384 e. The predicted octanol–water partition coefficient (Wildman–Crippen LogP) is 4.72. The van der Waals surface area contributed by atoms with Crippen molar-refractivity contribution in [3.05, 3.63) is 29.3 Å². The van der Waals surface area contributed by atoms with Crippen molar-refractivity contribution in [2.45, 2.75) is 38.5 Å². The average Bonchev–Trinajstić information content (AvgIpc) is 2.56. The fourth-order valence-corrected chi connectivity index (χ4v) is 2.63. The minimum atomic E-state index is 0.830. The second kappa shape index (κ2) is 6.15. The smallest absolute Gasteiger partial charge is 0.0637 e. The Hall–Kier alpha value is -0.690. The molecule has 2 rings (SSSR count). The van der Waals surface area contributed by atoms with E-state index in [2.05, 4.69) is 11.4 Å². The van der Waals surface area contributed by atoms with Gasteiger partial charge in [-0.3, -0.25) is 0 Å². The maximum Gasteiger partial charge on any atom is 0.0637 e. The molecule has 0 radical (unpaired) electrons. The SMILES string of the molecule is Clc1ccccc1NCC1CCCCCC1. The summed E-state index contributed by atoms with van der Waals surface area (Å²) in [5, 5.41) is 4.31. The Morgan fingerprint density at radius 1 is 1.06 bits per heavy atom. The first-order chi connectivity index (χ1) is 7.86. The lowest BCUT2D eigenvalue weighted by Crippen LogP contribution is -2.13. The van der Waals surface area contributed by atoms with Gasteiger partial charge in [0.25, 0.3) is 0 Å². The molecule has 0 aliphatic heterocycles. The molecular formula is C14H20ClN. The zero-order valence-corrected chi connectivity index (χ0v) is 10.5. The van der Waals surface area contributed by atoms with Crippen LogP contribution < -0.4 is 5.32 Å². The number of anilines is 1. The molecule has 1 nitrogen and oxygen atoms in total. The molecule has 1 aliphatic carbocycles. The number of benzene rings is 1. The van der Waals surface area contributed by atoms with Crippen LogP contribution in [0.1, 0.15) is 38.5 Å². The highest BCUT2D eigenvalue weighted by Gasteiger charge is 2.12. The lowest BCUT2D eigenvalue weighted by Gasteiger charge is -2.16. The molecule has 0 bridgehead atoms. The van der Waals surface area contributed by atoms with Crippen molar-refractivity contribution in [3.8, 4) is 0 Å². The van der Waals surface area contributed by atoms with Crippen LogP contribution in [0, 0.1) is 5.92 Å². The topological polar surface area (TPSA) is 12.0 Å². The van der Waals surface area contributed by atoms with E-state index in [9.17, 15) is 0 Å². The van der Waals surface area contributed by atoms with Gasteiger partial charge < -0.3 is 5.32 Å². The van der Waals surface area contributed by atoms with Crippen molar-refractivity contribution in [2.75, 3.05) is 11.9 Å². The summed E-state index contributed by atoms with van der Waals surface area (Å²) < 4.78 is 0. The molecule has 1 aliphatic rings. The maximum atomic E-state index is 6.11. The van der Waals surface area contributed by atoms with E-state index in [0.29, 0.717) is 0 Å². The Kier molecular flexibility index (Phi) is 4.53. The van der Waals surface area contributed by atoms with E-state index in [1.807, 2.05) is 18.2 Å². The standard InChI is InChI=1S/C14H20ClN/c15-13-9-5-6-10-14(13)16-11-12-7-3-1-2-4-8-12/h5-6,9-10,12,16H,1-4,7-8,11H2. The van der Waals surface area contributed by atoms with Crippen LogP contribution in [0.4, 0.5) is 5.69 Å². The number of rotatable bonds is 3. The number of hydrogen-bond donors (Lipinski definition) is 1. The third-order valence-electron chi connectivity index (χ3n) is 3.43. The van der Waals surface area contributed by atoms with Gasteiger partial charge in [-0.25, -0.2) is 0 Å². The normalized spacial score (nSPS) is 18.1. The number of nitrogens with one attached hydrogen (secondary N) is 1. The molecule has 2 heteroatoms. The van der Waals surface area contributed by atoms with E-state index in [0.717, 1.165) is 23.2 Å². The van der Waals surface area contributed by atoms with E-state index >= 15 is 0 Å². The summed E-state index contributed by atoms with van der Waals surface area (Å²) in [5.41, 5.74) is 1.08. The summed E-state index contributed by atoms with van der Waals surface area (Å²) in [6, 6.07) is 8.00. The van der Waals surface area contributed by atoms with Crippen molar-refractivity contribution < 1.29 is 0 Å². The first-order valence-electron chi connectivity index (χ1n) is 6.34. The van der Waals surface area contributed by atoms with E-state index in [1.165, 1.54) is 38.5 Å². The van der Waals surface area contributed by atoms with Gasteiger partial charge in [0.1, 0.15) is 0 Å². The van der Waals surface area contributed by atoms with E-state index in [4.69, 9.17) is 11.6 Å². The average molecular weight is 238 g/mol. The molecule has 1 N–H and O–H groups in total. The molecule has 88 valence electrons. The van der Waals surface area contributed by atoms with Gasteiger partial charge in [-0.15, -0.1) is 0 Å². The lowest BCUT2D eigenvalue weighted by molar-refractivity contribution is 0.483. The summed E-state index contributed by atoms with van der Waals surface area (Å²) in [6.07, 6.45) is 8.38. The quantitative estimate of drug-likeness (QED) is 0.750. The van der Waals surface area contributed by atoms with Gasteiger partial charge in [0.15, 0.2) is 0 Å². The number of halogens is 1. The molecule has 0 amide bonds. The van der Waals surface area contributed by atoms with Crippen LogP contribution in [-0.2, 0) is 0 Å². The van der Waals surface area contributed by atoms with Gasteiger partial charge in [0.2, 0.25) is 0 Å². The summed E-state index contributed by atoms with van der Waals surface area (Å²) in [6.45, 7) is 1.07. The van der Waals surface area contributed by atoms with E-state index in [1.54, 1.807) is 0 Å². The second-order valence-electron chi connectivity index (χ2n) is 4.72. The Morgan fingerprint density at radius 2 is 1.75 bits per heavy atom. The molecule has 1 saturated carbocycles. The van der Waals surface area contributed by atoms with Crippen molar-refractivity contribution in [1.82, 2.24) is 0 Å². The molecule has 0 atom stereocenters. The molecular weight excluding hydrogens is 218 g/mol. The van der Waals surface area contributed by atoms with Crippen LogP contribution >= 0.6 is 11.6 Å². The van der Waals surface area contributed by atoms with Crippen molar-refractivity contribution >= 4 is 17.3 Å². The van der Waals surface area contributed by atoms with Crippen LogP contribution in [0.3, 0.4) is 0 Å². The Bertz CT molecular complexity index is 316. The number of para-hydroxylation sites is 1. The Morgan fingerprint density at radius 3 is 2.44 bits per heavy atom. The molecule has 0 spiro atoms. The van der Waals surface area contributed by atoms with Gasteiger partial charge in [-0.2, -0.15) is 0 Å². The van der Waals surface area contributed by atoms with E-state index in [-0.39, 0.29) is 0 Å². The van der Waals surface area contributed by atoms with Crippen LogP contribution in [-0.4, -0.2) is 6.54 Å². The fourth-order valence-electron chi connectivity index (χ4n) is 2.43. The molecule has 1 aromatic rings. The molecule has 0 aromatic heterocycles. The molecule has 1 fully saturated rings. The van der Waals surface area contributed by atoms with Crippen molar-refractivity contribution in [2.24, 2.45) is 5.92 Å². The fraction of sp³-hybridized carbons (Fsp3) is 0.571. The van der Waals surface area contributed by atoms with Gasteiger partial charge in [-0.05, 0) is 30.9 Å². The molecule has 1 aromatic carbocycles. The monoisotopic (exact) mass is 237 g/mol. The number of hydrogen-bond acceptors (Lipinski definition) is 1. The highest BCUT2D eigenvalue weighted by atomic mass is 35.5. The van der Waals surface area contributed by atoms with Crippen molar-refractivity contribution in [3.63, 3.8) is 0 Å². The van der Waals surface area contributed by atoms with E-state index < -0.39 is 0 Å². The summed E-state index contributed by atoms with van der Waals surface area (Å²) in [7, 11) is 0. The molecule has 0 saturated heterocycles. The van der Waals surface area contributed by atoms with Crippen LogP contribution in [0.15, 0.2) is 24.3 Å². The minimum Gasteiger partial charge on any atom is -0.384 e. The van der Waals surface area contributed by atoms with Gasteiger partial charge in [-0.1, -0.05) is 49.4 Å². The molecule has 0 heterocycles. The van der Waals surface area contributed by atoms with Crippen LogP contribution in [0.25, 0.3) is 0 Å². The first-order valence-corrected chi connectivity index (χ1v) is 6.72. The van der Waals surface area contributed by atoms with Gasteiger partial charge >= 0.3 is 0 Å². The minimum absolute atomic E-state index is 0.830. The third kappa shape index (κ3) is 3.41. The van der Waals surface area contributed by atoms with Crippen LogP contribution in [0.5, 0.6) is 0 Å². The maximum absolute atomic E-state index is 6.11. The Balaban J connectivity index is 1.84. The third-order valence-corrected chi connectivity index (χ3v) is 3.76. The summed E-state index contributed by atoms with van der Waals surface area (Å²) >= 11 is 6.11. The van der Waals surface area contributed by atoms with Crippen LogP contribution in [0.2, 0.25) is 5.02 Å². The molecule has 0 unspecified atom stereocenters. The van der Waals surface area contributed by atoms with Gasteiger partial charge in [0, 0.05) is 6.54 Å². The zero-order chi connectivity index (χ0) is 11.2. The molecule has 16 heavy (non-hydrogen) atoms. The zero-order valence-electron chi connectivity index (χ0n) is 9.71. The summed E-state index contributed by atoms with van der Waals surface area (Å²) in [4.78, 5) is 0. The highest BCUT2D eigenvalue weighted by molar-refractivity contribution is 6.33. The van der Waals surface area contributed by atoms with Gasteiger partial charge in [0.05, 0.1) is 10.7 Å². The van der Waals surface area contributed by atoms with Crippen molar-refractivity contribution in [1.29, 1.82) is 0 Å². The predicted molar refractivity (Wildman–Crippen MR) is 71.1 cm³/mol. The second-order valence-corrected chi connectivity index (χ2v) is 5.13. The lowest BCUT2D eigenvalue weighted by atomic mass is 10.0.